The van der Waals surface area contributed by atoms with Crippen LogP contribution in [0.25, 0.3) is 0 Å². The molecule has 2 aromatic carbocycles. The summed E-state index contributed by atoms with van der Waals surface area (Å²) in [7, 11) is 1.42. The summed E-state index contributed by atoms with van der Waals surface area (Å²) in [6.07, 6.45) is -3.13. The number of aromatic hydroxyl groups is 1. The molecule has 0 aliphatic rings. The molecule has 10 heteroatoms. The van der Waals surface area contributed by atoms with Gasteiger partial charge in [0.05, 0.1) is 29.6 Å². The molecule has 138 valence electrons. The van der Waals surface area contributed by atoms with Gasteiger partial charge in [0, 0.05) is 0 Å². The van der Waals surface area contributed by atoms with Gasteiger partial charge in [-0.2, -0.15) is 18.3 Å². The van der Waals surface area contributed by atoms with Crippen molar-refractivity contribution in [2.75, 3.05) is 12.4 Å². The zero-order valence-corrected chi connectivity index (χ0v) is 14.8. The van der Waals surface area contributed by atoms with E-state index in [1.165, 1.54) is 19.4 Å². The van der Waals surface area contributed by atoms with Gasteiger partial charge >= 0.3 is 6.18 Å². The highest BCUT2D eigenvalue weighted by Gasteiger charge is 2.31. The predicted molar refractivity (Wildman–Crippen MR) is 98.1 cm³/mol. The van der Waals surface area contributed by atoms with Gasteiger partial charge in [-0.25, -0.2) is 0 Å². The fraction of sp³-hybridized carbons (Fsp3) is 0.125. The van der Waals surface area contributed by atoms with Gasteiger partial charge in [-0.1, -0.05) is 11.6 Å². The molecule has 0 bridgehead atoms. The minimum Gasteiger partial charge on any atom is -0.504 e. The second-order valence-electron chi connectivity index (χ2n) is 4.95. The van der Waals surface area contributed by atoms with Crippen molar-refractivity contribution in [1.82, 2.24) is 5.43 Å². The van der Waals surface area contributed by atoms with Gasteiger partial charge < -0.3 is 15.2 Å². The van der Waals surface area contributed by atoms with E-state index < -0.39 is 11.7 Å². The summed E-state index contributed by atoms with van der Waals surface area (Å²) in [6, 6.07) is 7.46. The van der Waals surface area contributed by atoms with Crippen molar-refractivity contribution in [2.24, 2.45) is 5.10 Å². The number of thiocarbonyl (C=S) groups is 1. The monoisotopic (exact) mass is 403 g/mol. The second-order valence-corrected chi connectivity index (χ2v) is 5.76. The third-order valence-corrected chi connectivity index (χ3v) is 3.65. The summed E-state index contributed by atoms with van der Waals surface area (Å²) in [5.74, 6) is 0.249. The number of benzene rings is 2. The maximum Gasteiger partial charge on any atom is 0.416 e. The Morgan fingerprint density at radius 2 is 2.00 bits per heavy atom. The summed E-state index contributed by atoms with van der Waals surface area (Å²) >= 11 is 10.8. The molecular formula is C16H13ClF3N3O2S. The van der Waals surface area contributed by atoms with Crippen LogP contribution in [-0.2, 0) is 6.18 Å². The molecule has 0 spiro atoms. The Balaban J connectivity index is 2.02. The van der Waals surface area contributed by atoms with Crippen LogP contribution in [0.5, 0.6) is 11.5 Å². The summed E-state index contributed by atoms with van der Waals surface area (Å²) in [5.41, 5.74) is 2.14. The molecular weight excluding hydrogens is 391 g/mol. The highest BCUT2D eigenvalue weighted by molar-refractivity contribution is 7.80. The van der Waals surface area contributed by atoms with Gasteiger partial charge in [-0.15, -0.1) is 0 Å². The predicted octanol–water partition coefficient (Wildman–Crippen LogP) is 4.39. The molecule has 0 saturated carbocycles. The number of ether oxygens (including phenoxy) is 1. The third kappa shape index (κ3) is 5.24. The number of alkyl halides is 3. The van der Waals surface area contributed by atoms with Crippen LogP contribution in [0.4, 0.5) is 18.9 Å². The maximum atomic E-state index is 12.7. The first-order valence-electron chi connectivity index (χ1n) is 7.04. The highest BCUT2D eigenvalue weighted by Crippen LogP contribution is 2.33. The van der Waals surface area contributed by atoms with E-state index in [-0.39, 0.29) is 21.6 Å². The number of rotatable bonds is 4. The molecule has 2 rings (SSSR count). The summed E-state index contributed by atoms with van der Waals surface area (Å²) in [6.45, 7) is 0. The van der Waals surface area contributed by atoms with E-state index in [0.717, 1.165) is 18.2 Å². The van der Waals surface area contributed by atoms with Crippen LogP contribution in [0, 0.1) is 0 Å². The molecule has 0 unspecified atom stereocenters. The first-order chi connectivity index (χ1) is 12.2. The lowest BCUT2D eigenvalue weighted by Crippen LogP contribution is -2.24. The number of halogens is 4. The van der Waals surface area contributed by atoms with Crippen molar-refractivity contribution in [3.63, 3.8) is 0 Å². The highest BCUT2D eigenvalue weighted by atomic mass is 35.5. The van der Waals surface area contributed by atoms with Crippen LogP contribution in [0.1, 0.15) is 11.1 Å². The van der Waals surface area contributed by atoms with Crippen molar-refractivity contribution < 1.29 is 23.0 Å². The summed E-state index contributed by atoms with van der Waals surface area (Å²) in [4.78, 5) is 0. The standard InChI is InChI=1S/C16H13ClF3N3O2S/c1-25-14-5-2-9(6-13(14)24)8-21-23-15(26)22-12-7-10(16(18,19)20)3-4-11(12)17/h2-8,24H,1H3,(H2,22,23,26)/b21-8+. The van der Waals surface area contributed by atoms with E-state index in [9.17, 15) is 18.3 Å². The molecule has 0 amide bonds. The number of phenols is 1. The summed E-state index contributed by atoms with van der Waals surface area (Å²) in [5, 5.41) is 16.1. The van der Waals surface area contributed by atoms with E-state index in [0.29, 0.717) is 11.3 Å². The molecule has 2 aromatic rings. The van der Waals surface area contributed by atoms with Gasteiger partial charge in [-0.05, 0) is 54.2 Å². The van der Waals surface area contributed by atoms with Crippen LogP contribution in [0.3, 0.4) is 0 Å². The number of anilines is 1. The van der Waals surface area contributed by atoms with Gasteiger partial charge in [0.25, 0.3) is 0 Å². The number of phenolic OH excluding ortho intramolecular Hbond substituents is 1. The van der Waals surface area contributed by atoms with Crippen molar-refractivity contribution in [1.29, 1.82) is 0 Å². The van der Waals surface area contributed by atoms with Gasteiger partial charge in [0.1, 0.15) is 0 Å². The van der Waals surface area contributed by atoms with Crippen molar-refractivity contribution in [3.05, 3.63) is 52.5 Å². The minimum absolute atomic E-state index is 0.00344. The van der Waals surface area contributed by atoms with Crippen molar-refractivity contribution >= 4 is 40.8 Å². The largest absolute Gasteiger partial charge is 0.504 e. The first kappa shape index (κ1) is 19.8. The minimum atomic E-state index is -4.50. The molecule has 5 nitrogen and oxygen atoms in total. The van der Waals surface area contributed by atoms with E-state index in [4.69, 9.17) is 28.6 Å². The van der Waals surface area contributed by atoms with E-state index in [1.54, 1.807) is 12.1 Å². The van der Waals surface area contributed by atoms with Crippen LogP contribution >= 0.6 is 23.8 Å². The smallest absolute Gasteiger partial charge is 0.416 e. The van der Waals surface area contributed by atoms with Crippen LogP contribution in [-0.4, -0.2) is 23.5 Å². The average Bonchev–Trinajstić information content (AvgIpc) is 2.56. The number of hydrogen-bond donors (Lipinski definition) is 3. The van der Waals surface area contributed by atoms with Crippen LogP contribution in [0.15, 0.2) is 41.5 Å². The molecule has 0 heterocycles. The Morgan fingerprint density at radius 1 is 1.27 bits per heavy atom. The fourth-order valence-corrected chi connectivity index (χ4v) is 2.23. The maximum absolute atomic E-state index is 12.7. The molecule has 0 fully saturated rings. The quantitative estimate of drug-likeness (QED) is 0.401. The average molecular weight is 404 g/mol. The number of nitrogens with one attached hydrogen (secondary N) is 2. The number of hydrazone groups is 1. The Morgan fingerprint density at radius 3 is 2.62 bits per heavy atom. The summed E-state index contributed by atoms with van der Waals surface area (Å²) < 4.78 is 43.1. The second kappa shape index (κ2) is 8.24. The Hall–Kier alpha value is -2.52. The molecule has 0 atom stereocenters. The molecule has 26 heavy (non-hydrogen) atoms. The molecule has 0 aliphatic carbocycles. The van der Waals surface area contributed by atoms with Gasteiger partial charge in [-0.3, -0.25) is 5.43 Å². The van der Waals surface area contributed by atoms with Gasteiger partial charge in [0.2, 0.25) is 0 Å². The topological polar surface area (TPSA) is 65.9 Å². The number of hydrogen-bond acceptors (Lipinski definition) is 4. The molecule has 0 saturated heterocycles. The van der Waals surface area contributed by atoms with E-state index >= 15 is 0 Å². The normalized spacial score (nSPS) is 11.4. The SMILES string of the molecule is COc1ccc(/C=N/NC(=S)Nc2cc(C(F)(F)F)ccc2Cl)cc1O. The Bertz CT molecular complexity index is 844. The molecule has 0 radical (unpaired) electrons. The fourth-order valence-electron chi connectivity index (χ4n) is 1.90. The lowest BCUT2D eigenvalue weighted by Gasteiger charge is -2.12. The van der Waals surface area contributed by atoms with Crippen molar-refractivity contribution in [2.45, 2.75) is 6.18 Å². The molecule has 0 aromatic heterocycles. The number of methoxy groups -OCH3 is 1. The zero-order chi connectivity index (χ0) is 19.3. The zero-order valence-electron chi connectivity index (χ0n) is 13.3. The Kier molecular flexibility index (Phi) is 6.27. The Labute approximate surface area is 157 Å². The third-order valence-electron chi connectivity index (χ3n) is 3.12. The number of nitrogens with zero attached hydrogens (tertiary/aromatic N) is 1. The van der Waals surface area contributed by atoms with E-state index in [1.807, 2.05) is 0 Å². The lowest BCUT2D eigenvalue weighted by atomic mass is 10.2. The van der Waals surface area contributed by atoms with Crippen LogP contribution in [0.2, 0.25) is 5.02 Å². The van der Waals surface area contributed by atoms with Crippen LogP contribution < -0.4 is 15.5 Å². The molecule has 0 aliphatic heterocycles. The van der Waals surface area contributed by atoms with Gasteiger partial charge in [0.15, 0.2) is 16.6 Å². The van der Waals surface area contributed by atoms with E-state index in [2.05, 4.69) is 15.8 Å². The van der Waals surface area contributed by atoms with Crippen molar-refractivity contribution in [3.8, 4) is 11.5 Å². The first-order valence-corrected chi connectivity index (χ1v) is 7.83. The molecule has 3 N–H and O–H groups in total. The lowest BCUT2D eigenvalue weighted by molar-refractivity contribution is -0.137.